The first kappa shape index (κ1) is 19.6. The Morgan fingerprint density at radius 3 is 2.64 bits per heavy atom. The van der Waals surface area contributed by atoms with Gasteiger partial charge in [0.25, 0.3) is 0 Å². The molecule has 1 aromatic heterocycles. The van der Waals surface area contributed by atoms with Crippen LogP contribution in [0.5, 0.6) is 0 Å². The first-order chi connectivity index (χ1) is 11.9. The SMILES string of the molecule is Cc1ccc(Cl)cc1NC(=S)N(CCN(C)C)[C@@H](C)c1ccccn1. The Labute approximate surface area is 160 Å². The van der Waals surface area contributed by atoms with Crippen molar-refractivity contribution in [2.45, 2.75) is 19.9 Å². The number of hydrogen-bond acceptors (Lipinski definition) is 3. The highest BCUT2D eigenvalue weighted by molar-refractivity contribution is 7.80. The third-order valence-corrected chi connectivity index (χ3v) is 4.65. The Bertz CT molecular complexity index is 706. The van der Waals surface area contributed by atoms with Gasteiger partial charge in [-0.2, -0.15) is 0 Å². The number of halogens is 1. The lowest BCUT2D eigenvalue weighted by atomic mass is 10.2. The minimum atomic E-state index is 0.0700. The van der Waals surface area contributed by atoms with E-state index in [1.54, 1.807) is 0 Å². The van der Waals surface area contributed by atoms with Crippen LogP contribution in [0.15, 0.2) is 42.6 Å². The molecule has 0 saturated heterocycles. The van der Waals surface area contributed by atoms with Gasteiger partial charge in [0.2, 0.25) is 0 Å². The molecule has 6 heteroatoms. The molecule has 0 aliphatic rings. The Morgan fingerprint density at radius 1 is 1.24 bits per heavy atom. The number of nitrogens with one attached hydrogen (secondary N) is 1. The van der Waals surface area contributed by atoms with Gasteiger partial charge in [-0.3, -0.25) is 4.98 Å². The molecule has 134 valence electrons. The summed E-state index contributed by atoms with van der Waals surface area (Å²) >= 11 is 11.8. The predicted molar refractivity (Wildman–Crippen MR) is 110 cm³/mol. The largest absolute Gasteiger partial charge is 0.339 e. The van der Waals surface area contributed by atoms with E-state index in [2.05, 4.69) is 41.1 Å². The normalized spacial score (nSPS) is 12.1. The minimum Gasteiger partial charge on any atom is -0.339 e. The number of aromatic nitrogens is 1. The van der Waals surface area contributed by atoms with E-state index >= 15 is 0 Å². The summed E-state index contributed by atoms with van der Waals surface area (Å²) in [4.78, 5) is 8.79. The maximum absolute atomic E-state index is 6.13. The van der Waals surface area contributed by atoms with Gasteiger partial charge in [-0.05, 0) is 70.0 Å². The van der Waals surface area contributed by atoms with Crippen molar-refractivity contribution in [1.82, 2.24) is 14.8 Å². The topological polar surface area (TPSA) is 31.4 Å². The molecule has 0 fully saturated rings. The summed E-state index contributed by atoms with van der Waals surface area (Å²) in [7, 11) is 4.11. The molecule has 0 aliphatic heterocycles. The van der Waals surface area contributed by atoms with E-state index in [4.69, 9.17) is 23.8 Å². The molecule has 0 unspecified atom stereocenters. The fourth-order valence-electron chi connectivity index (χ4n) is 2.48. The summed E-state index contributed by atoms with van der Waals surface area (Å²) in [5.74, 6) is 0. The summed E-state index contributed by atoms with van der Waals surface area (Å²) in [5.41, 5.74) is 3.03. The van der Waals surface area contributed by atoms with Crippen LogP contribution in [-0.2, 0) is 0 Å². The fourth-order valence-corrected chi connectivity index (χ4v) is 3.01. The molecular formula is C19H25ClN4S. The number of likely N-dealkylation sites (N-methyl/N-ethyl adjacent to an activating group) is 1. The van der Waals surface area contributed by atoms with E-state index in [0.717, 1.165) is 30.0 Å². The van der Waals surface area contributed by atoms with Crippen molar-refractivity contribution in [3.63, 3.8) is 0 Å². The van der Waals surface area contributed by atoms with E-state index in [-0.39, 0.29) is 6.04 Å². The number of pyridine rings is 1. The van der Waals surface area contributed by atoms with Crippen molar-refractivity contribution in [2.75, 3.05) is 32.5 Å². The van der Waals surface area contributed by atoms with Crippen molar-refractivity contribution in [3.8, 4) is 0 Å². The van der Waals surface area contributed by atoms with Gasteiger partial charge in [0, 0.05) is 30.0 Å². The Balaban J connectivity index is 2.21. The second-order valence-electron chi connectivity index (χ2n) is 6.32. The molecule has 1 N–H and O–H groups in total. The molecule has 1 atom stereocenters. The molecule has 0 saturated carbocycles. The second kappa shape index (κ2) is 9.13. The van der Waals surface area contributed by atoms with Gasteiger partial charge in [-0.1, -0.05) is 23.7 Å². The molecule has 0 radical (unpaired) electrons. The van der Waals surface area contributed by atoms with Crippen molar-refractivity contribution >= 4 is 34.6 Å². The molecule has 2 aromatic rings. The lowest BCUT2D eigenvalue weighted by Gasteiger charge is -2.32. The monoisotopic (exact) mass is 376 g/mol. The molecule has 2 rings (SSSR count). The standard InChI is InChI=1S/C19H25ClN4S/c1-14-8-9-16(20)13-18(14)22-19(25)24(12-11-23(3)4)15(2)17-7-5-6-10-21-17/h5-10,13,15H,11-12H2,1-4H3,(H,22,25)/t15-/m0/s1. The molecule has 0 amide bonds. The van der Waals surface area contributed by atoms with E-state index in [1.807, 2.05) is 49.5 Å². The van der Waals surface area contributed by atoms with E-state index in [9.17, 15) is 0 Å². The lowest BCUT2D eigenvalue weighted by molar-refractivity contribution is 0.286. The van der Waals surface area contributed by atoms with Crippen LogP contribution in [0.3, 0.4) is 0 Å². The first-order valence-corrected chi connectivity index (χ1v) is 9.06. The number of hydrogen-bond donors (Lipinski definition) is 1. The van der Waals surface area contributed by atoms with Crippen molar-refractivity contribution in [1.29, 1.82) is 0 Å². The van der Waals surface area contributed by atoms with Crippen molar-refractivity contribution < 1.29 is 0 Å². The smallest absolute Gasteiger partial charge is 0.174 e. The maximum Gasteiger partial charge on any atom is 0.174 e. The van der Waals surface area contributed by atoms with Crippen LogP contribution in [0.4, 0.5) is 5.69 Å². The molecule has 1 heterocycles. The molecule has 25 heavy (non-hydrogen) atoms. The van der Waals surface area contributed by atoms with Crippen LogP contribution in [-0.4, -0.2) is 47.1 Å². The number of nitrogens with zero attached hydrogens (tertiary/aromatic N) is 3. The van der Waals surface area contributed by atoms with E-state index in [0.29, 0.717) is 10.1 Å². The van der Waals surface area contributed by atoms with Gasteiger partial charge < -0.3 is 15.1 Å². The maximum atomic E-state index is 6.13. The van der Waals surface area contributed by atoms with Crippen LogP contribution in [0.25, 0.3) is 0 Å². The van der Waals surface area contributed by atoms with Crippen LogP contribution in [0.1, 0.15) is 24.2 Å². The highest BCUT2D eigenvalue weighted by atomic mass is 35.5. The summed E-state index contributed by atoms with van der Waals surface area (Å²) in [6.07, 6.45) is 1.81. The van der Waals surface area contributed by atoms with Crippen molar-refractivity contribution in [2.24, 2.45) is 0 Å². The third kappa shape index (κ3) is 5.66. The zero-order valence-corrected chi connectivity index (χ0v) is 16.7. The number of benzene rings is 1. The Hall–Kier alpha value is -1.69. The first-order valence-electron chi connectivity index (χ1n) is 8.28. The Morgan fingerprint density at radius 2 is 2.00 bits per heavy atom. The number of thiocarbonyl (C=S) groups is 1. The average Bonchev–Trinajstić information content (AvgIpc) is 2.58. The fraction of sp³-hybridized carbons (Fsp3) is 0.368. The summed E-state index contributed by atoms with van der Waals surface area (Å²) < 4.78 is 0. The number of anilines is 1. The van der Waals surface area contributed by atoms with Crippen LogP contribution < -0.4 is 5.32 Å². The molecule has 4 nitrogen and oxygen atoms in total. The zero-order valence-electron chi connectivity index (χ0n) is 15.2. The molecular weight excluding hydrogens is 352 g/mol. The Kier molecular flexibility index (Phi) is 7.17. The summed E-state index contributed by atoms with van der Waals surface area (Å²) in [6.45, 7) is 5.86. The van der Waals surface area contributed by atoms with Crippen LogP contribution in [0.2, 0.25) is 5.02 Å². The van der Waals surface area contributed by atoms with Crippen LogP contribution in [0, 0.1) is 6.92 Å². The molecule has 0 bridgehead atoms. The highest BCUT2D eigenvalue weighted by Gasteiger charge is 2.20. The van der Waals surface area contributed by atoms with Crippen molar-refractivity contribution in [3.05, 3.63) is 58.9 Å². The second-order valence-corrected chi connectivity index (χ2v) is 7.14. The van der Waals surface area contributed by atoms with Gasteiger partial charge in [0.1, 0.15) is 0 Å². The lowest BCUT2D eigenvalue weighted by Crippen LogP contribution is -2.41. The van der Waals surface area contributed by atoms with Crippen LogP contribution >= 0.6 is 23.8 Å². The average molecular weight is 377 g/mol. The number of rotatable bonds is 6. The van der Waals surface area contributed by atoms with Gasteiger partial charge in [-0.15, -0.1) is 0 Å². The zero-order chi connectivity index (χ0) is 18.4. The summed E-state index contributed by atoms with van der Waals surface area (Å²) in [5, 5.41) is 4.71. The van der Waals surface area contributed by atoms with Gasteiger partial charge in [0.15, 0.2) is 5.11 Å². The van der Waals surface area contributed by atoms with E-state index in [1.165, 1.54) is 0 Å². The van der Waals surface area contributed by atoms with E-state index < -0.39 is 0 Å². The molecule has 0 spiro atoms. The quantitative estimate of drug-likeness (QED) is 0.757. The molecule has 1 aromatic carbocycles. The van der Waals surface area contributed by atoms with Gasteiger partial charge in [0.05, 0.1) is 11.7 Å². The number of aryl methyl sites for hydroxylation is 1. The minimum absolute atomic E-state index is 0.0700. The molecule has 0 aliphatic carbocycles. The summed E-state index contributed by atoms with van der Waals surface area (Å²) in [6, 6.07) is 11.8. The predicted octanol–water partition coefficient (Wildman–Crippen LogP) is 4.37. The highest BCUT2D eigenvalue weighted by Crippen LogP contribution is 2.23. The van der Waals surface area contributed by atoms with Gasteiger partial charge in [-0.25, -0.2) is 0 Å². The third-order valence-electron chi connectivity index (χ3n) is 4.07. The van der Waals surface area contributed by atoms with Gasteiger partial charge >= 0.3 is 0 Å².